The van der Waals surface area contributed by atoms with E-state index in [0.717, 1.165) is 21.7 Å². The van der Waals surface area contributed by atoms with Crippen molar-refractivity contribution in [1.82, 2.24) is 15.2 Å². The number of rotatable bonds is 0. The SMILES string of the molecule is c1cc2ccc3ccnnc3c2cn1. The van der Waals surface area contributed by atoms with Crippen LogP contribution in [0.2, 0.25) is 0 Å². The summed E-state index contributed by atoms with van der Waals surface area (Å²) in [4.78, 5) is 4.10. The average Bonchev–Trinajstić information content (AvgIpc) is 2.29. The first-order chi connectivity index (χ1) is 6.95. The zero-order chi connectivity index (χ0) is 9.38. The van der Waals surface area contributed by atoms with Crippen molar-refractivity contribution in [2.45, 2.75) is 0 Å². The van der Waals surface area contributed by atoms with Gasteiger partial charge in [0, 0.05) is 23.2 Å². The molecule has 2 aromatic heterocycles. The molecule has 0 unspecified atom stereocenters. The summed E-state index contributed by atoms with van der Waals surface area (Å²) in [7, 11) is 0. The molecular weight excluding hydrogens is 174 g/mol. The highest BCUT2D eigenvalue weighted by Gasteiger charge is 2.00. The van der Waals surface area contributed by atoms with Gasteiger partial charge in [-0.1, -0.05) is 12.1 Å². The van der Waals surface area contributed by atoms with Crippen LogP contribution < -0.4 is 0 Å². The number of pyridine rings is 1. The Morgan fingerprint density at radius 3 is 2.71 bits per heavy atom. The molecule has 0 bridgehead atoms. The molecule has 0 aliphatic rings. The molecule has 0 saturated heterocycles. The highest BCUT2D eigenvalue weighted by atomic mass is 15.1. The maximum absolute atomic E-state index is 4.12. The van der Waals surface area contributed by atoms with E-state index in [9.17, 15) is 0 Å². The Balaban J connectivity index is 2.61. The molecular formula is C11H7N3. The van der Waals surface area contributed by atoms with Gasteiger partial charge in [-0.25, -0.2) is 0 Å². The second-order valence-electron chi connectivity index (χ2n) is 3.13. The summed E-state index contributed by atoms with van der Waals surface area (Å²) >= 11 is 0. The van der Waals surface area contributed by atoms with Crippen LogP contribution in [0, 0.1) is 0 Å². The lowest BCUT2D eigenvalue weighted by atomic mass is 10.1. The zero-order valence-corrected chi connectivity index (χ0v) is 7.38. The van der Waals surface area contributed by atoms with E-state index in [0.29, 0.717) is 0 Å². The quantitative estimate of drug-likeness (QED) is 0.499. The fourth-order valence-corrected chi connectivity index (χ4v) is 1.61. The molecule has 2 heterocycles. The molecule has 0 aliphatic carbocycles. The molecule has 14 heavy (non-hydrogen) atoms. The van der Waals surface area contributed by atoms with Gasteiger partial charge in [0.15, 0.2) is 0 Å². The number of aromatic nitrogens is 3. The largest absolute Gasteiger partial charge is 0.264 e. The molecule has 3 nitrogen and oxygen atoms in total. The van der Waals surface area contributed by atoms with Gasteiger partial charge in [-0.05, 0) is 17.5 Å². The first-order valence-corrected chi connectivity index (χ1v) is 4.39. The lowest BCUT2D eigenvalue weighted by Gasteiger charge is -1.99. The van der Waals surface area contributed by atoms with E-state index in [1.807, 2.05) is 24.4 Å². The number of fused-ring (bicyclic) bond motifs is 3. The third kappa shape index (κ3) is 0.956. The summed E-state index contributed by atoms with van der Waals surface area (Å²) in [6, 6.07) is 8.05. The average molecular weight is 181 g/mol. The Labute approximate surface area is 80.4 Å². The zero-order valence-electron chi connectivity index (χ0n) is 7.38. The minimum atomic E-state index is 0.915. The molecule has 0 fully saturated rings. The smallest absolute Gasteiger partial charge is 0.102 e. The van der Waals surface area contributed by atoms with E-state index in [1.165, 1.54) is 0 Å². The summed E-state index contributed by atoms with van der Waals surface area (Å²) in [5.41, 5.74) is 0.915. The maximum atomic E-state index is 4.12. The van der Waals surface area contributed by atoms with E-state index >= 15 is 0 Å². The third-order valence-corrected chi connectivity index (χ3v) is 2.30. The summed E-state index contributed by atoms with van der Waals surface area (Å²) < 4.78 is 0. The topological polar surface area (TPSA) is 38.7 Å². The van der Waals surface area contributed by atoms with E-state index in [4.69, 9.17) is 0 Å². The summed E-state index contributed by atoms with van der Waals surface area (Å²) in [6.07, 6.45) is 5.31. The summed E-state index contributed by atoms with van der Waals surface area (Å²) in [6.45, 7) is 0. The second kappa shape index (κ2) is 2.73. The standard InChI is InChI=1S/C11H7N3/c1-2-9-4-6-13-14-11(9)10-7-12-5-3-8(1)10/h1-7H. The molecule has 3 heteroatoms. The first kappa shape index (κ1) is 7.38. The molecule has 0 spiro atoms. The molecule has 0 radical (unpaired) electrons. The monoisotopic (exact) mass is 181 g/mol. The van der Waals surface area contributed by atoms with Gasteiger partial charge in [-0.3, -0.25) is 4.98 Å². The Bertz CT molecular complexity index is 550. The molecule has 1 aromatic carbocycles. The van der Waals surface area contributed by atoms with Crippen LogP contribution in [0.1, 0.15) is 0 Å². The molecule has 0 aliphatic heterocycles. The number of hydrogen-bond donors (Lipinski definition) is 0. The van der Waals surface area contributed by atoms with Crippen LogP contribution in [0.3, 0.4) is 0 Å². The predicted molar refractivity (Wildman–Crippen MR) is 54.8 cm³/mol. The maximum Gasteiger partial charge on any atom is 0.102 e. The van der Waals surface area contributed by atoms with Crippen molar-refractivity contribution in [2.24, 2.45) is 0 Å². The number of hydrogen-bond acceptors (Lipinski definition) is 3. The van der Waals surface area contributed by atoms with Crippen molar-refractivity contribution in [2.75, 3.05) is 0 Å². The molecule has 0 saturated carbocycles. The van der Waals surface area contributed by atoms with Gasteiger partial charge in [0.25, 0.3) is 0 Å². The lowest BCUT2D eigenvalue weighted by molar-refractivity contribution is 1.08. The summed E-state index contributed by atoms with van der Waals surface area (Å²) in [5, 5.41) is 11.3. The normalized spacial score (nSPS) is 10.9. The van der Waals surface area contributed by atoms with Gasteiger partial charge in [0.1, 0.15) is 5.52 Å². The van der Waals surface area contributed by atoms with Crippen LogP contribution in [0.5, 0.6) is 0 Å². The van der Waals surface area contributed by atoms with Crippen molar-refractivity contribution < 1.29 is 0 Å². The Morgan fingerprint density at radius 1 is 0.857 bits per heavy atom. The van der Waals surface area contributed by atoms with Crippen molar-refractivity contribution in [3.05, 3.63) is 42.9 Å². The van der Waals surface area contributed by atoms with E-state index in [-0.39, 0.29) is 0 Å². The molecule has 66 valence electrons. The molecule has 3 rings (SSSR count). The number of nitrogens with zero attached hydrogens (tertiary/aromatic N) is 3. The third-order valence-electron chi connectivity index (χ3n) is 2.30. The van der Waals surface area contributed by atoms with Crippen LogP contribution in [-0.2, 0) is 0 Å². The van der Waals surface area contributed by atoms with Gasteiger partial charge in [0.2, 0.25) is 0 Å². The van der Waals surface area contributed by atoms with Gasteiger partial charge in [-0.15, -0.1) is 5.10 Å². The van der Waals surface area contributed by atoms with E-state index in [1.54, 1.807) is 12.4 Å². The van der Waals surface area contributed by atoms with Crippen LogP contribution in [0.4, 0.5) is 0 Å². The lowest BCUT2D eigenvalue weighted by Crippen LogP contribution is -1.84. The molecule has 0 amide bonds. The van der Waals surface area contributed by atoms with Crippen LogP contribution in [-0.4, -0.2) is 15.2 Å². The Morgan fingerprint density at radius 2 is 1.71 bits per heavy atom. The fraction of sp³-hybridized carbons (Fsp3) is 0. The van der Waals surface area contributed by atoms with Crippen molar-refractivity contribution >= 4 is 21.7 Å². The highest BCUT2D eigenvalue weighted by molar-refractivity contribution is 6.04. The van der Waals surface area contributed by atoms with Crippen LogP contribution >= 0.6 is 0 Å². The van der Waals surface area contributed by atoms with Crippen molar-refractivity contribution in [3.63, 3.8) is 0 Å². The Hall–Kier alpha value is -2.03. The minimum absolute atomic E-state index is 0.915. The molecule has 0 N–H and O–H groups in total. The second-order valence-corrected chi connectivity index (χ2v) is 3.13. The highest BCUT2D eigenvalue weighted by Crippen LogP contribution is 2.21. The van der Waals surface area contributed by atoms with Crippen LogP contribution in [0.15, 0.2) is 42.9 Å². The van der Waals surface area contributed by atoms with Gasteiger partial charge in [-0.2, -0.15) is 5.10 Å². The molecule has 0 atom stereocenters. The first-order valence-electron chi connectivity index (χ1n) is 4.39. The Kier molecular flexibility index (Phi) is 1.44. The number of benzene rings is 1. The van der Waals surface area contributed by atoms with E-state index in [2.05, 4.69) is 21.2 Å². The van der Waals surface area contributed by atoms with E-state index < -0.39 is 0 Å². The fourth-order valence-electron chi connectivity index (χ4n) is 1.61. The van der Waals surface area contributed by atoms with Gasteiger partial charge >= 0.3 is 0 Å². The molecule has 3 aromatic rings. The van der Waals surface area contributed by atoms with Gasteiger partial charge < -0.3 is 0 Å². The van der Waals surface area contributed by atoms with Crippen molar-refractivity contribution in [1.29, 1.82) is 0 Å². The van der Waals surface area contributed by atoms with Crippen molar-refractivity contribution in [3.8, 4) is 0 Å². The van der Waals surface area contributed by atoms with Gasteiger partial charge in [0.05, 0.1) is 6.20 Å². The van der Waals surface area contributed by atoms with Crippen LogP contribution in [0.25, 0.3) is 21.7 Å². The predicted octanol–water partition coefficient (Wildman–Crippen LogP) is 2.18. The minimum Gasteiger partial charge on any atom is -0.264 e. The summed E-state index contributed by atoms with van der Waals surface area (Å²) in [5.74, 6) is 0.